The Kier molecular flexibility index (Phi) is 21.2. The van der Waals surface area contributed by atoms with Gasteiger partial charge in [-0.1, -0.05) is 49.4 Å². The SMILES string of the molecule is CC(C)c1c(C(=O)Nc2ccccc2)c(-c2cccc(OCCCCc3cn(CCOCCOCCOCCNc4ccc5c(c4)C(=O)N(C4CCC(=O)NC4=O)C5=O)nn3)c2)c(-c2ccc(F)cc2)n1CCC(O)CC(O)CC(=O)O. The number of nitrogens with zero attached hydrogens (tertiary/aromatic N) is 5. The highest BCUT2D eigenvalue weighted by Crippen LogP contribution is 2.44. The summed E-state index contributed by atoms with van der Waals surface area (Å²) in [6.45, 7) is 7.74. The Bertz CT molecular complexity index is 3180. The molecule has 3 unspecified atom stereocenters. The van der Waals surface area contributed by atoms with E-state index in [1.165, 1.54) is 12.1 Å². The molecule has 6 aromatic rings. The lowest BCUT2D eigenvalue weighted by atomic mass is 9.94. The van der Waals surface area contributed by atoms with Crippen LogP contribution >= 0.6 is 0 Å². The zero-order chi connectivity index (χ0) is 58.1. The van der Waals surface area contributed by atoms with E-state index in [4.69, 9.17) is 18.9 Å². The molecule has 2 aromatic heterocycles. The number of hydrogen-bond donors (Lipinski definition) is 6. The maximum Gasteiger partial charge on any atom is 0.305 e. The van der Waals surface area contributed by atoms with E-state index in [1.54, 1.807) is 47.1 Å². The summed E-state index contributed by atoms with van der Waals surface area (Å²) < 4.78 is 41.5. The van der Waals surface area contributed by atoms with E-state index in [-0.39, 0.29) is 55.2 Å². The number of fused-ring (bicyclic) bond motifs is 1. The van der Waals surface area contributed by atoms with E-state index < -0.39 is 60.1 Å². The number of piperidine rings is 1. The van der Waals surface area contributed by atoms with E-state index >= 15 is 0 Å². The standard InChI is InChI=1S/C60H69FN8O13/c1-38(2)55-54(58(76)63-42-10-4-3-5-11-42)53(56(39-14-16-41(61)17-15-39)68(55)24-22-45(70)35-46(71)36-52(73)74)40-9-8-13-47(33-40)82-26-7-6-12-44-37-67(66-65-44)25-28-80-30-32-81-31-29-79-27-23-62-43-18-19-48-49(34-43)60(78)69(59(48)77)50-20-21-51(72)64-57(50)75/h3-5,8-11,13-19,33-34,37-38,45-46,50,62,70-71H,6-7,12,20-32,35-36H2,1-2H3,(H,63,76)(H,73,74)(H,64,72,75). The van der Waals surface area contributed by atoms with Crippen LogP contribution in [0.5, 0.6) is 5.75 Å². The number of carbonyl (C=O) groups is 6. The minimum absolute atomic E-state index is 0.0524. The molecular weight excluding hydrogens is 1060 g/mol. The number of halogens is 1. The van der Waals surface area contributed by atoms with Crippen LogP contribution in [0.4, 0.5) is 15.8 Å². The summed E-state index contributed by atoms with van der Waals surface area (Å²) in [5.41, 5.74) is 6.03. The van der Waals surface area contributed by atoms with Crippen molar-refractivity contribution in [3.63, 3.8) is 0 Å². The number of ether oxygens (including phenoxy) is 4. The van der Waals surface area contributed by atoms with Crippen molar-refractivity contribution >= 4 is 46.9 Å². The van der Waals surface area contributed by atoms with Crippen molar-refractivity contribution in [3.05, 3.63) is 137 Å². The van der Waals surface area contributed by atoms with Crippen LogP contribution in [0.3, 0.4) is 0 Å². The predicted molar refractivity (Wildman–Crippen MR) is 300 cm³/mol. The summed E-state index contributed by atoms with van der Waals surface area (Å²) in [7, 11) is 0. The molecule has 3 atom stereocenters. The number of aliphatic hydroxyl groups excluding tert-OH is 2. The van der Waals surface area contributed by atoms with Gasteiger partial charge < -0.3 is 49.5 Å². The number of rotatable bonds is 32. The van der Waals surface area contributed by atoms with Crippen LogP contribution < -0.4 is 20.7 Å². The van der Waals surface area contributed by atoms with Gasteiger partial charge in [-0.3, -0.25) is 39.0 Å². The number of imide groups is 2. The second kappa shape index (κ2) is 29.0. The third kappa shape index (κ3) is 15.8. The first-order chi connectivity index (χ1) is 39.6. The molecule has 1 saturated heterocycles. The van der Waals surface area contributed by atoms with Gasteiger partial charge in [0.2, 0.25) is 11.8 Å². The lowest BCUT2D eigenvalue weighted by molar-refractivity contribution is -0.140. The van der Waals surface area contributed by atoms with Crippen LogP contribution in [0.25, 0.3) is 22.4 Å². The molecule has 82 heavy (non-hydrogen) atoms. The van der Waals surface area contributed by atoms with Crippen molar-refractivity contribution < 1.29 is 67.4 Å². The molecule has 21 nitrogen and oxygen atoms in total. The number of nitrogens with one attached hydrogen (secondary N) is 3. The summed E-state index contributed by atoms with van der Waals surface area (Å²) in [5.74, 6) is -3.83. The van der Waals surface area contributed by atoms with Crippen molar-refractivity contribution in [2.45, 2.75) is 102 Å². The van der Waals surface area contributed by atoms with Crippen molar-refractivity contribution in [2.24, 2.45) is 0 Å². The zero-order valence-corrected chi connectivity index (χ0v) is 45.9. The van der Waals surface area contributed by atoms with Crippen molar-refractivity contribution in [1.29, 1.82) is 0 Å². The number of hydrogen-bond acceptors (Lipinski definition) is 15. The van der Waals surface area contributed by atoms with Crippen LogP contribution in [0.2, 0.25) is 0 Å². The summed E-state index contributed by atoms with van der Waals surface area (Å²) in [4.78, 5) is 76.8. The fourth-order valence-corrected chi connectivity index (χ4v) is 10.0. The molecule has 6 N–H and O–H groups in total. The summed E-state index contributed by atoms with van der Waals surface area (Å²) in [6, 6.07) is 26.4. The zero-order valence-electron chi connectivity index (χ0n) is 45.9. The van der Waals surface area contributed by atoms with Crippen LogP contribution in [0.15, 0.2) is 103 Å². The third-order valence-electron chi connectivity index (χ3n) is 13.9. The molecule has 2 aliphatic rings. The Morgan fingerprint density at radius 3 is 2.24 bits per heavy atom. The molecule has 0 aliphatic carbocycles. The van der Waals surface area contributed by atoms with Gasteiger partial charge >= 0.3 is 5.97 Å². The van der Waals surface area contributed by atoms with E-state index in [0.717, 1.165) is 17.0 Å². The monoisotopic (exact) mass is 1130 g/mol. The first-order valence-electron chi connectivity index (χ1n) is 27.6. The largest absolute Gasteiger partial charge is 0.494 e. The van der Waals surface area contributed by atoms with Gasteiger partial charge in [0.25, 0.3) is 17.7 Å². The molecule has 434 valence electrons. The first-order valence-corrected chi connectivity index (χ1v) is 27.6. The van der Waals surface area contributed by atoms with Gasteiger partial charge in [-0.25, -0.2) is 9.07 Å². The summed E-state index contributed by atoms with van der Waals surface area (Å²) >= 11 is 0. The molecule has 0 saturated carbocycles. The van der Waals surface area contributed by atoms with Gasteiger partial charge in [0, 0.05) is 48.3 Å². The predicted octanol–water partition coefficient (Wildman–Crippen LogP) is 6.87. The molecule has 4 aromatic carbocycles. The van der Waals surface area contributed by atoms with Crippen LogP contribution in [-0.2, 0) is 48.1 Å². The first kappa shape index (κ1) is 60.0. The maximum atomic E-state index is 14.7. The van der Waals surface area contributed by atoms with Gasteiger partial charge in [0.1, 0.15) is 17.6 Å². The second-order valence-electron chi connectivity index (χ2n) is 20.3. The average molecular weight is 1130 g/mol. The van der Waals surface area contributed by atoms with Crippen molar-refractivity contribution in [2.75, 3.05) is 63.4 Å². The Morgan fingerprint density at radius 1 is 0.780 bits per heavy atom. The minimum atomic E-state index is -1.25. The lowest BCUT2D eigenvalue weighted by Crippen LogP contribution is -2.54. The number of unbranched alkanes of at least 4 members (excludes halogenated alkanes) is 1. The number of aryl methyl sites for hydroxylation is 1. The molecule has 8 rings (SSSR count). The van der Waals surface area contributed by atoms with Gasteiger partial charge in [0.15, 0.2) is 0 Å². The number of para-hydroxylation sites is 1. The number of aromatic nitrogens is 4. The third-order valence-corrected chi connectivity index (χ3v) is 13.9. The maximum absolute atomic E-state index is 14.7. The number of aliphatic carboxylic acids is 1. The number of aliphatic hydroxyl groups is 2. The summed E-state index contributed by atoms with van der Waals surface area (Å²) in [6.07, 6.45) is 1.37. The van der Waals surface area contributed by atoms with E-state index in [0.29, 0.717) is 123 Å². The van der Waals surface area contributed by atoms with E-state index in [1.807, 2.05) is 67.1 Å². The summed E-state index contributed by atoms with van der Waals surface area (Å²) in [5, 5.41) is 47.6. The normalized spacial score (nSPS) is 15.0. The molecule has 22 heteroatoms. The molecule has 1 fully saturated rings. The Labute approximate surface area is 473 Å². The Hall–Kier alpha value is -8.15. The Balaban J connectivity index is 0.770. The minimum Gasteiger partial charge on any atom is -0.494 e. The number of amides is 5. The number of carboxylic acids is 1. The molecule has 4 heterocycles. The topological polar surface area (TPSA) is 275 Å². The number of carboxylic acid groups (broad SMARTS) is 1. The van der Waals surface area contributed by atoms with Gasteiger partial charge in [0.05, 0.1) is 99.5 Å². The quantitative estimate of drug-likeness (QED) is 0.0186. The van der Waals surface area contributed by atoms with Gasteiger partial charge in [-0.05, 0) is 122 Å². The van der Waals surface area contributed by atoms with Gasteiger partial charge in [-0.15, -0.1) is 5.10 Å². The van der Waals surface area contributed by atoms with Crippen LogP contribution in [-0.4, -0.2) is 146 Å². The van der Waals surface area contributed by atoms with E-state index in [2.05, 4.69) is 26.3 Å². The molecule has 5 amide bonds. The smallest absolute Gasteiger partial charge is 0.305 e. The molecule has 2 aliphatic heterocycles. The average Bonchev–Trinajstić information content (AvgIpc) is 4.24. The fraction of sp³-hybridized carbons (Fsp3) is 0.400. The van der Waals surface area contributed by atoms with Crippen LogP contribution in [0.1, 0.15) is 107 Å². The molecular formula is C60H69FN8O13. The fourth-order valence-electron chi connectivity index (χ4n) is 10.0. The number of benzene rings is 4. The number of anilines is 2. The lowest BCUT2D eigenvalue weighted by Gasteiger charge is -2.27. The van der Waals surface area contributed by atoms with Crippen molar-refractivity contribution in [3.8, 4) is 28.1 Å². The highest BCUT2D eigenvalue weighted by molar-refractivity contribution is 6.23. The van der Waals surface area contributed by atoms with Gasteiger partial charge in [-0.2, -0.15) is 0 Å². The van der Waals surface area contributed by atoms with Crippen LogP contribution in [0, 0.1) is 5.82 Å². The molecule has 0 bridgehead atoms. The highest BCUT2D eigenvalue weighted by Gasteiger charge is 2.44. The second-order valence-corrected chi connectivity index (χ2v) is 20.3. The van der Waals surface area contributed by atoms with Crippen molar-refractivity contribution in [1.82, 2.24) is 29.8 Å². The highest BCUT2D eigenvalue weighted by atomic mass is 19.1. The number of carbonyl (C=O) groups excluding carboxylic acids is 5. The molecule has 0 spiro atoms. The van der Waals surface area contributed by atoms with E-state index in [9.17, 15) is 48.5 Å². The Morgan fingerprint density at radius 2 is 1.51 bits per heavy atom. The molecule has 0 radical (unpaired) electrons.